The van der Waals surface area contributed by atoms with E-state index < -0.39 is 41.8 Å². The second-order valence-electron chi connectivity index (χ2n) is 14.2. The van der Waals surface area contributed by atoms with Crippen LogP contribution in [0.15, 0.2) is 60.7 Å². The first-order valence-corrected chi connectivity index (χ1v) is 18.7. The number of hydrogen-bond acceptors (Lipinski definition) is 11. The topological polar surface area (TPSA) is 236 Å². The number of benzene rings is 2. The molecule has 15 nitrogen and oxygen atoms in total. The zero-order valence-corrected chi connectivity index (χ0v) is 32.3. The molecule has 1 aliphatic rings. The standard InChI is InChI=1S/C31H43N3O6.C9H13NO5/c32-26(17-19-29(36)39-22-24-12-6-4-7-13-24)28(35)16-10-2-1-3-11-21-34-31(38)27(33)18-20-30(37)40-23-25-14-8-5-9-15-25;1-9(2,3)15-6(11)4-5-7(12)14-8(13)10-5/h4-9,12-15,26-27H,1-3,10-11,16-23,32-33H2,(H,34,38);5H,4H2,1-3H3,(H,10,13)/p+2/t26-,27-;5-/m00/s1. The molecule has 0 saturated carbocycles. The lowest BCUT2D eigenvalue weighted by molar-refractivity contribution is -0.405. The quantitative estimate of drug-likeness (QED) is 0.0588. The third-order valence-corrected chi connectivity index (χ3v) is 8.17. The van der Waals surface area contributed by atoms with Crippen LogP contribution in [0, 0.1) is 0 Å². The molecule has 0 aromatic heterocycles. The Hall–Kier alpha value is -5.15. The van der Waals surface area contributed by atoms with Crippen molar-refractivity contribution < 1.29 is 64.0 Å². The molecule has 0 radical (unpaired) electrons. The van der Waals surface area contributed by atoms with Crippen molar-refractivity contribution in [2.75, 3.05) is 6.54 Å². The molecule has 1 aliphatic heterocycles. The van der Waals surface area contributed by atoms with E-state index in [9.17, 15) is 33.6 Å². The van der Waals surface area contributed by atoms with E-state index in [1.54, 1.807) is 20.8 Å². The summed E-state index contributed by atoms with van der Waals surface area (Å²) < 4.78 is 19.7. The second kappa shape index (κ2) is 25.0. The smallest absolute Gasteiger partial charge is 0.415 e. The Morgan fingerprint density at radius 2 is 1.24 bits per heavy atom. The van der Waals surface area contributed by atoms with Crippen LogP contribution < -0.4 is 22.1 Å². The lowest BCUT2D eigenvalue weighted by Crippen LogP contribution is -2.67. The molecule has 3 rings (SSSR count). The van der Waals surface area contributed by atoms with Crippen molar-refractivity contribution in [2.45, 2.75) is 128 Å². The van der Waals surface area contributed by atoms with Gasteiger partial charge in [-0.15, -0.1) is 0 Å². The number of ketones is 1. The number of rotatable bonds is 22. The van der Waals surface area contributed by atoms with E-state index in [1.807, 2.05) is 60.7 Å². The summed E-state index contributed by atoms with van der Waals surface area (Å²) in [5.74, 6) is -2.03. The van der Waals surface area contributed by atoms with Crippen LogP contribution in [0.2, 0.25) is 0 Å². The van der Waals surface area contributed by atoms with Gasteiger partial charge in [0.2, 0.25) is 0 Å². The number of esters is 4. The summed E-state index contributed by atoms with van der Waals surface area (Å²) in [6.07, 6.45) is 4.98. The first-order valence-electron chi connectivity index (χ1n) is 18.7. The van der Waals surface area contributed by atoms with Gasteiger partial charge in [-0.1, -0.05) is 79.9 Å². The molecule has 15 heteroatoms. The van der Waals surface area contributed by atoms with Gasteiger partial charge in [0.25, 0.3) is 5.91 Å². The third-order valence-electron chi connectivity index (χ3n) is 8.17. The van der Waals surface area contributed by atoms with Crippen molar-refractivity contribution in [3.05, 3.63) is 71.8 Å². The number of ether oxygens (including phenoxy) is 4. The van der Waals surface area contributed by atoms with Crippen molar-refractivity contribution in [3.63, 3.8) is 0 Å². The summed E-state index contributed by atoms with van der Waals surface area (Å²) in [5.41, 5.74) is 9.02. The maximum Gasteiger partial charge on any atom is 0.415 e. The number of Topliss-reactive ketones (excluding diaryl/α,β-unsaturated/α-hetero) is 1. The summed E-state index contributed by atoms with van der Waals surface area (Å²) in [5, 5.41) is 5.08. The first kappa shape index (κ1) is 46.0. The Labute approximate surface area is 322 Å². The summed E-state index contributed by atoms with van der Waals surface area (Å²) in [4.78, 5) is 81.2. The van der Waals surface area contributed by atoms with Crippen molar-refractivity contribution in [1.82, 2.24) is 10.6 Å². The molecule has 0 unspecified atom stereocenters. The van der Waals surface area contributed by atoms with Gasteiger partial charge in [-0.2, -0.15) is 0 Å². The average Bonchev–Trinajstić information content (AvgIpc) is 3.47. The molecule has 302 valence electrons. The highest BCUT2D eigenvalue weighted by Gasteiger charge is 2.35. The molecular formula is C40H58N4O11+2. The first-order chi connectivity index (χ1) is 26.1. The van der Waals surface area contributed by atoms with Crippen molar-refractivity contribution >= 4 is 41.7 Å². The van der Waals surface area contributed by atoms with E-state index in [4.69, 9.17) is 14.2 Å². The minimum absolute atomic E-state index is 0.0774. The van der Waals surface area contributed by atoms with Gasteiger partial charge >= 0.3 is 30.0 Å². The summed E-state index contributed by atoms with van der Waals surface area (Å²) in [7, 11) is 0. The minimum Gasteiger partial charge on any atom is -0.461 e. The Kier molecular flexibility index (Phi) is 20.9. The maximum absolute atomic E-state index is 12.3. The van der Waals surface area contributed by atoms with Crippen LogP contribution in [0.1, 0.15) is 103 Å². The lowest BCUT2D eigenvalue weighted by atomic mass is 10.0. The molecule has 0 bridgehead atoms. The van der Waals surface area contributed by atoms with E-state index in [1.165, 1.54) is 0 Å². The maximum atomic E-state index is 12.3. The van der Waals surface area contributed by atoms with E-state index in [-0.39, 0.29) is 56.1 Å². The van der Waals surface area contributed by atoms with E-state index in [0.29, 0.717) is 25.8 Å². The summed E-state index contributed by atoms with van der Waals surface area (Å²) in [6, 6.07) is 17.1. The number of alkyl carbamates (subject to hydrolysis) is 1. The van der Waals surface area contributed by atoms with Crippen LogP contribution in [0.3, 0.4) is 0 Å². The Bertz CT molecular complexity index is 1450. The number of amides is 2. The van der Waals surface area contributed by atoms with Crippen molar-refractivity contribution in [2.24, 2.45) is 0 Å². The molecule has 3 atom stereocenters. The average molecular weight is 771 g/mol. The third kappa shape index (κ3) is 21.4. The van der Waals surface area contributed by atoms with Crippen molar-refractivity contribution in [1.29, 1.82) is 0 Å². The monoisotopic (exact) mass is 770 g/mol. The van der Waals surface area contributed by atoms with Crippen LogP contribution in [0.5, 0.6) is 0 Å². The van der Waals surface area contributed by atoms with E-state index in [2.05, 4.69) is 26.8 Å². The highest BCUT2D eigenvalue weighted by atomic mass is 16.6. The predicted octanol–water partition coefficient (Wildman–Crippen LogP) is 2.63. The Morgan fingerprint density at radius 3 is 1.75 bits per heavy atom. The van der Waals surface area contributed by atoms with Gasteiger partial charge in [-0.25, -0.2) is 9.59 Å². The molecule has 2 amide bonds. The van der Waals surface area contributed by atoms with Crippen LogP contribution in [-0.2, 0) is 60.9 Å². The molecular weight excluding hydrogens is 712 g/mol. The van der Waals surface area contributed by atoms with Gasteiger partial charge in [0.05, 0.1) is 19.3 Å². The number of cyclic esters (lactones) is 2. The van der Waals surface area contributed by atoms with Crippen LogP contribution in [-0.4, -0.2) is 71.9 Å². The minimum atomic E-state index is -0.924. The molecule has 1 saturated heterocycles. The van der Waals surface area contributed by atoms with Gasteiger partial charge in [-0.3, -0.25) is 24.0 Å². The number of carbonyl (C=O) groups is 7. The zero-order chi connectivity index (χ0) is 40.6. The molecule has 0 spiro atoms. The second-order valence-corrected chi connectivity index (χ2v) is 14.2. The molecule has 1 fully saturated rings. The van der Waals surface area contributed by atoms with Gasteiger partial charge in [0, 0.05) is 25.8 Å². The summed E-state index contributed by atoms with van der Waals surface area (Å²) in [6.45, 7) is 6.18. The SMILES string of the molecule is CC(C)(C)OC(=O)C[C@@H]1NC(=O)OC1=O.[NH3+][C@@H](CCC(=O)OCc1ccccc1)C(=O)CCCCCCCNC(=O)[C@@H]([NH3+])CCC(=O)OCc1ccccc1. The summed E-state index contributed by atoms with van der Waals surface area (Å²) >= 11 is 0. The normalized spacial score (nSPS) is 14.6. The largest absolute Gasteiger partial charge is 0.461 e. The molecule has 55 heavy (non-hydrogen) atoms. The highest BCUT2D eigenvalue weighted by Crippen LogP contribution is 2.12. The number of carbonyl (C=O) groups excluding carboxylic acids is 7. The number of quaternary nitrogens is 2. The predicted molar refractivity (Wildman–Crippen MR) is 199 cm³/mol. The molecule has 2 aromatic carbocycles. The van der Waals surface area contributed by atoms with Crippen LogP contribution in [0.4, 0.5) is 4.79 Å². The van der Waals surface area contributed by atoms with E-state index in [0.717, 1.165) is 43.2 Å². The van der Waals surface area contributed by atoms with Crippen molar-refractivity contribution in [3.8, 4) is 0 Å². The fourth-order valence-corrected chi connectivity index (χ4v) is 5.09. The molecule has 0 aliphatic carbocycles. The zero-order valence-electron chi connectivity index (χ0n) is 32.3. The fraction of sp³-hybridized carbons (Fsp3) is 0.525. The van der Waals surface area contributed by atoms with Gasteiger partial charge in [-0.05, 0) is 44.7 Å². The fourth-order valence-electron chi connectivity index (χ4n) is 5.09. The van der Waals surface area contributed by atoms with Gasteiger partial charge in [0.1, 0.15) is 30.9 Å². The number of hydrogen-bond donors (Lipinski definition) is 4. The number of unbranched alkanes of at least 4 members (excludes halogenated alkanes) is 4. The number of nitrogens with one attached hydrogen (secondary N) is 2. The molecule has 8 N–H and O–H groups in total. The molecule has 1 heterocycles. The Morgan fingerprint density at radius 1 is 0.727 bits per heavy atom. The Balaban J connectivity index is 0.000000580. The van der Waals surface area contributed by atoms with Gasteiger partial charge < -0.3 is 41.0 Å². The van der Waals surface area contributed by atoms with Crippen LogP contribution in [0.25, 0.3) is 0 Å². The van der Waals surface area contributed by atoms with E-state index >= 15 is 0 Å². The molecule has 2 aromatic rings. The highest BCUT2D eigenvalue weighted by molar-refractivity contribution is 5.97. The van der Waals surface area contributed by atoms with Crippen LogP contribution >= 0.6 is 0 Å². The lowest BCUT2D eigenvalue weighted by Gasteiger charge is -2.19. The van der Waals surface area contributed by atoms with Gasteiger partial charge in [0.15, 0.2) is 11.8 Å².